The Kier molecular flexibility index (Phi) is 12.7. The van der Waals surface area contributed by atoms with Crippen molar-refractivity contribution in [3.05, 3.63) is 78.1 Å². The van der Waals surface area contributed by atoms with Crippen LogP contribution >= 0.6 is 0 Å². The van der Waals surface area contributed by atoms with Crippen molar-refractivity contribution in [2.45, 2.75) is 110 Å². The molecule has 1 saturated heterocycles. The lowest BCUT2D eigenvalue weighted by atomic mass is 9.70. The van der Waals surface area contributed by atoms with Gasteiger partial charge in [-0.25, -0.2) is 9.59 Å². The highest BCUT2D eigenvalue weighted by Crippen LogP contribution is 2.54. The summed E-state index contributed by atoms with van der Waals surface area (Å²) in [6.45, 7) is 15.1. The lowest BCUT2D eigenvalue weighted by molar-refractivity contribution is -0.321. The third-order valence-electron chi connectivity index (χ3n) is 10.6. The second kappa shape index (κ2) is 16.9. The van der Waals surface area contributed by atoms with Crippen LogP contribution in [0.3, 0.4) is 0 Å². The number of fused-ring (bicyclic) bond motifs is 2. The molecule has 11 atom stereocenters. The lowest BCUT2D eigenvalue weighted by Crippen LogP contribution is -2.60. The van der Waals surface area contributed by atoms with Crippen molar-refractivity contribution in [1.29, 1.82) is 0 Å². The Morgan fingerprint density at radius 1 is 0.772 bits per heavy atom. The van der Waals surface area contributed by atoms with Crippen molar-refractivity contribution in [1.82, 2.24) is 4.98 Å². The molecule has 1 aromatic carbocycles. The van der Waals surface area contributed by atoms with E-state index in [2.05, 4.69) is 11.6 Å². The second-order valence-electron chi connectivity index (χ2n) is 15.3. The maximum atomic E-state index is 15.0. The molecule has 0 unspecified atom stereocenters. The van der Waals surface area contributed by atoms with Crippen molar-refractivity contribution in [3.8, 4) is 0 Å². The van der Waals surface area contributed by atoms with Gasteiger partial charge in [0.15, 0.2) is 29.7 Å². The van der Waals surface area contributed by atoms with Gasteiger partial charge in [-0.1, -0.05) is 52.5 Å². The predicted molar refractivity (Wildman–Crippen MR) is 194 cm³/mol. The van der Waals surface area contributed by atoms with Gasteiger partial charge in [0.2, 0.25) is 0 Å². The Bertz CT molecular complexity index is 1900. The van der Waals surface area contributed by atoms with Crippen molar-refractivity contribution in [2.24, 2.45) is 23.2 Å². The number of hydrogen-bond donors (Lipinski definition) is 0. The van der Waals surface area contributed by atoms with Crippen LogP contribution in [0.4, 0.5) is 0 Å². The molecule has 16 nitrogen and oxygen atoms in total. The molecule has 2 aromatic rings. The van der Waals surface area contributed by atoms with Crippen LogP contribution in [0.5, 0.6) is 0 Å². The number of pyridine rings is 1. The summed E-state index contributed by atoms with van der Waals surface area (Å²) in [4.78, 5) is 109. The molecule has 3 aliphatic rings. The van der Waals surface area contributed by atoms with Crippen molar-refractivity contribution >= 4 is 41.6 Å². The number of benzene rings is 1. The maximum absolute atomic E-state index is 15.0. The van der Waals surface area contributed by atoms with E-state index < -0.39 is 113 Å². The van der Waals surface area contributed by atoms with Crippen LogP contribution in [0.2, 0.25) is 0 Å². The zero-order valence-corrected chi connectivity index (χ0v) is 33.0. The Morgan fingerprint density at radius 2 is 1.39 bits per heavy atom. The van der Waals surface area contributed by atoms with Crippen LogP contribution in [-0.2, 0) is 62.2 Å². The number of ether oxygens (including phenoxy) is 6. The third-order valence-corrected chi connectivity index (χ3v) is 10.6. The van der Waals surface area contributed by atoms with Gasteiger partial charge in [0, 0.05) is 63.4 Å². The highest BCUT2D eigenvalue weighted by Gasteiger charge is 2.69. The zero-order valence-electron chi connectivity index (χ0n) is 33.0. The van der Waals surface area contributed by atoms with Gasteiger partial charge in [-0.2, -0.15) is 4.89 Å². The average molecular weight is 794 g/mol. The van der Waals surface area contributed by atoms with Gasteiger partial charge in [0.25, 0.3) is 0 Å². The molecule has 0 amide bonds. The number of rotatable bonds is 9. The number of nitrogens with zero attached hydrogens (tertiary/aromatic N) is 1. The van der Waals surface area contributed by atoms with Gasteiger partial charge in [-0.05, 0) is 30.2 Å². The fourth-order valence-electron chi connectivity index (χ4n) is 8.16. The SMILES string of the molecule is C=C1[C@H](OC(C)=O)[C@@H](OC(=O)c2ccccc2)[C@@H](OOC(=O)c2cccnc2)C(C)(C)[C@@H]2O[C@@H]2[C@@H](C)C(=O)[C@]2(OC(C)=O)C[C@@H](C)[C@H](OC(C)=O)[C@@H]2[C@H]1OC(C)=O. The standard InChI is InChI=1S/C41H47NO15/c1-20-18-41(55-26(7)46)29(30(20)50-23(4)43)31(51-24(5)44)21(2)32(52-25(6)45)34(54-38(48)27-14-11-10-12-15-27)37(56-57-39(49)28-16-13-17-42-19-28)40(8,9)36-33(53-36)22(3)35(41)47/h10-17,19-20,22,29-34,36-37H,2,18H2,1,3-9H3/t20-,22-,29-,30+,31+,32+,33-,34-,36-,37-,41+/m1/s1. The second-order valence-corrected chi connectivity index (χ2v) is 15.3. The minimum Gasteiger partial charge on any atom is -0.462 e. The number of carbonyl (C=O) groups is 7. The summed E-state index contributed by atoms with van der Waals surface area (Å²) in [7, 11) is 0. The first-order chi connectivity index (χ1) is 26.8. The zero-order chi connectivity index (χ0) is 42.0. The molecule has 0 spiro atoms. The third kappa shape index (κ3) is 8.91. The van der Waals surface area contributed by atoms with Crippen LogP contribution in [0.25, 0.3) is 0 Å². The molecule has 0 bridgehead atoms. The first-order valence-corrected chi connectivity index (χ1v) is 18.4. The number of hydrogen-bond acceptors (Lipinski definition) is 16. The molecule has 0 radical (unpaired) electrons. The average Bonchev–Trinajstić information content (AvgIpc) is 3.92. The molecular weight excluding hydrogens is 746 g/mol. The van der Waals surface area contributed by atoms with Gasteiger partial charge in [-0.15, -0.1) is 0 Å². The van der Waals surface area contributed by atoms with Crippen LogP contribution in [0, 0.1) is 23.2 Å². The highest BCUT2D eigenvalue weighted by molar-refractivity contribution is 5.93. The van der Waals surface area contributed by atoms with E-state index in [0.717, 1.165) is 27.7 Å². The fraction of sp³-hybridized carbons (Fsp3) is 0.512. The molecule has 306 valence electrons. The molecule has 2 heterocycles. The van der Waals surface area contributed by atoms with Gasteiger partial charge in [0.1, 0.15) is 12.2 Å². The van der Waals surface area contributed by atoms with Crippen molar-refractivity contribution in [3.63, 3.8) is 0 Å². The van der Waals surface area contributed by atoms with Crippen LogP contribution in [0.15, 0.2) is 67.0 Å². The van der Waals surface area contributed by atoms with E-state index in [1.165, 1.54) is 36.7 Å². The van der Waals surface area contributed by atoms with Gasteiger partial charge in [-0.3, -0.25) is 33.8 Å². The molecular formula is C41H47NO15. The Balaban J connectivity index is 1.78. The highest BCUT2D eigenvalue weighted by atomic mass is 17.2. The summed E-state index contributed by atoms with van der Waals surface area (Å²) in [6.07, 6.45) is -7.40. The molecule has 1 aromatic heterocycles. The molecule has 2 aliphatic carbocycles. The minimum atomic E-state index is -2.11. The summed E-state index contributed by atoms with van der Waals surface area (Å²) in [6, 6.07) is 10.7. The number of ketones is 1. The van der Waals surface area contributed by atoms with E-state index in [9.17, 15) is 28.8 Å². The number of carbonyl (C=O) groups excluding carboxylic acids is 7. The van der Waals surface area contributed by atoms with E-state index in [1.807, 2.05) is 0 Å². The number of Topliss-reactive ketones (excluding diaryl/α,β-unsaturated/α-hetero) is 1. The Labute approximate surface area is 329 Å². The Morgan fingerprint density at radius 3 is 1.96 bits per heavy atom. The quantitative estimate of drug-likeness (QED) is 0.0874. The smallest absolute Gasteiger partial charge is 0.374 e. The van der Waals surface area contributed by atoms with Crippen molar-refractivity contribution < 1.29 is 71.8 Å². The minimum absolute atomic E-state index is 0.00519. The number of aromatic nitrogens is 1. The van der Waals surface area contributed by atoms with Gasteiger partial charge in [0.05, 0.1) is 29.3 Å². The van der Waals surface area contributed by atoms with E-state index in [-0.39, 0.29) is 23.1 Å². The largest absolute Gasteiger partial charge is 0.462 e. The normalized spacial score (nSPS) is 31.8. The van der Waals surface area contributed by atoms with Crippen LogP contribution < -0.4 is 0 Å². The number of epoxide rings is 1. The molecule has 5 rings (SSSR count). The molecule has 0 N–H and O–H groups in total. The van der Waals surface area contributed by atoms with Crippen LogP contribution in [0.1, 0.15) is 82.5 Å². The molecule has 16 heteroatoms. The summed E-state index contributed by atoms with van der Waals surface area (Å²) in [5, 5.41) is 0. The molecule has 1 aliphatic heterocycles. The summed E-state index contributed by atoms with van der Waals surface area (Å²) in [5.41, 5.74) is -3.69. The summed E-state index contributed by atoms with van der Waals surface area (Å²) < 4.78 is 36.0. The van der Waals surface area contributed by atoms with E-state index in [4.69, 9.17) is 38.2 Å². The fourth-order valence-corrected chi connectivity index (χ4v) is 8.16. The maximum Gasteiger partial charge on any atom is 0.374 e. The first kappa shape index (κ1) is 42.7. The van der Waals surface area contributed by atoms with Crippen molar-refractivity contribution in [2.75, 3.05) is 0 Å². The van der Waals surface area contributed by atoms with E-state index in [0.29, 0.717) is 0 Å². The Hall–Kier alpha value is -5.48. The monoisotopic (exact) mass is 793 g/mol. The molecule has 57 heavy (non-hydrogen) atoms. The number of esters is 5. The summed E-state index contributed by atoms with van der Waals surface area (Å²) >= 11 is 0. The van der Waals surface area contributed by atoms with Crippen LogP contribution in [-0.4, -0.2) is 94.9 Å². The molecule has 2 saturated carbocycles. The first-order valence-electron chi connectivity index (χ1n) is 18.4. The lowest BCUT2D eigenvalue weighted by Gasteiger charge is -2.44. The van der Waals surface area contributed by atoms with Gasteiger partial charge < -0.3 is 28.4 Å². The van der Waals surface area contributed by atoms with E-state index >= 15 is 4.79 Å². The topological polar surface area (TPSA) is 210 Å². The molecule has 3 fully saturated rings. The predicted octanol–water partition coefficient (Wildman–Crippen LogP) is 4.09. The van der Waals surface area contributed by atoms with Gasteiger partial charge >= 0.3 is 35.8 Å². The summed E-state index contributed by atoms with van der Waals surface area (Å²) in [5.74, 6) is -9.18. The van der Waals surface area contributed by atoms with E-state index in [1.54, 1.807) is 45.9 Å².